The molecule has 0 unspecified atom stereocenters. The van der Waals surface area contributed by atoms with Crippen molar-refractivity contribution in [2.45, 2.75) is 72.1 Å². The Labute approximate surface area is 836 Å². The van der Waals surface area contributed by atoms with Crippen molar-refractivity contribution in [3.63, 3.8) is 0 Å². The molecule has 0 radical (unpaired) electrons. The van der Waals surface area contributed by atoms with Crippen LogP contribution in [-0.2, 0) is 87.0 Å². The van der Waals surface area contributed by atoms with Crippen LogP contribution in [-0.4, -0.2) is 76.0 Å². The third-order valence-corrected chi connectivity index (χ3v) is 27.2. The summed E-state index contributed by atoms with van der Waals surface area (Å²) in [5.41, 5.74) is 19.0. The number of carbonyl (C=O) groups is 3. The Morgan fingerprint density at radius 1 is 0.359 bits per heavy atom. The Hall–Kier alpha value is -15.9. The summed E-state index contributed by atoms with van der Waals surface area (Å²) in [6, 6.07) is 115. The van der Waals surface area contributed by atoms with E-state index in [0.717, 1.165) is 68.5 Å². The number of urea groups is 1. The molecule has 0 aliphatic rings. The predicted molar refractivity (Wildman–Crippen MR) is 554 cm³/mol. The first kappa shape index (κ1) is 111. The van der Waals surface area contributed by atoms with Crippen LogP contribution in [0.2, 0.25) is 0 Å². The summed E-state index contributed by atoms with van der Waals surface area (Å²) in [6.45, 7) is 0.973. The number of halogens is 2. The van der Waals surface area contributed by atoms with Crippen LogP contribution in [0.4, 0.5) is 52.9 Å². The molecule has 3 amide bonds. The van der Waals surface area contributed by atoms with E-state index >= 15 is 0 Å². The highest BCUT2D eigenvalue weighted by molar-refractivity contribution is 7.98. The minimum atomic E-state index is -3.48. The van der Waals surface area contributed by atoms with Gasteiger partial charge in [-0.15, -0.1) is 11.8 Å². The van der Waals surface area contributed by atoms with Crippen molar-refractivity contribution >= 4 is 127 Å². The number of hydrogen-bond acceptors (Lipinski definition) is 25. The number of amides is 3. The van der Waals surface area contributed by atoms with Crippen molar-refractivity contribution in [2.75, 3.05) is 16.4 Å². The topological polar surface area (TPSA) is 450 Å². The van der Waals surface area contributed by atoms with Gasteiger partial charge in [0.2, 0.25) is 0 Å². The van der Waals surface area contributed by atoms with Crippen molar-refractivity contribution in [1.29, 1.82) is 0 Å². The highest BCUT2D eigenvalue weighted by Crippen LogP contribution is 2.28. The summed E-state index contributed by atoms with van der Waals surface area (Å²) in [6.07, 6.45) is 6.15. The van der Waals surface area contributed by atoms with Crippen LogP contribution in [0.25, 0.3) is 0 Å². The maximum absolute atomic E-state index is 12.5. The van der Waals surface area contributed by atoms with Gasteiger partial charge in [-0.25, -0.2) is 52.4 Å². The average Bonchev–Trinajstić information content (AvgIpc) is 0.840. The molecule has 730 valence electrons. The van der Waals surface area contributed by atoms with Gasteiger partial charge < -0.3 is 31.6 Å². The Morgan fingerprint density at radius 2 is 0.648 bits per heavy atom. The monoisotopic (exact) mass is 2050 g/mol. The summed E-state index contributed by atoms with van der Waals surface area (Å²) >= 11 is 10.7. The van der Waals surface area contributed by atoms with E-state index in [2.05, 4.69) is 67.5 Å². The fourth-order valence-electron chi connectivity index (χ4n) is 11.7. The first-order chi connectivity index (χ1) is 68.2. The van der Waals surface area contributed by atoms with Gasteiger partial charge in [-0.05, 0) is 202 Å². The van der Waals surface area contributed by atoms with Gasteiger partial charge in [-0.1, -0.05) is 218 Å². The van der Waals surface area contributed by atoms with Crippen LogP contribution < -0.4 is 36.9 Å². The third-order valence-electron chi connectivity index (χ3n) is 18.8. The lowest BCUT2D eigenvalue weighted by atomic mass is 10.2. The van der Waals surface area contributed by atoms with Gasteiger partial charge in [0.15, 0.2) is 39.3 Å². The summed E-state index contributed by atoms with van der Waals surface area (Å²) in [5.74, 6) is 1.88. The lowest BCUT2D eigenvalue weighted by molar-refractivity contribution is -0.385. The number of carbonyl (C=O) groups excluding carboxylic acids is 3. The van der Waals surface area contributed by atoms with Crippen LogP contribution in [0.3, 0.4) is 0 Å². The Kier molecular flexibility index (Phi) is 46.6. The van der Waals surface area contributed by atoms with Crippen molar-refractivity contribution < 1.29 is 76.7 Å². The summed E-state index contributed by atoms with van der Waals surface area (Å²) in [5, 5.41) is 39.0. The van der Waals surface area contributed by atoms with Gasteiger partial charge in [-0.3, -0.25) is 45.6 Å². The molecule has 0 aliphatic carbocycles. The molecule has 0 atom stereocenters. The first-order valence-electron chi connectivity index (χ1n) is 42.6. The van der Waals surface area contributed by atoms with E-state index in [1.54, 1.807) is 194 Å². The van der Waals surface area contributed by atoms with Gasteiger partial charge in [0.1, 0.15) is 17.3 Å². The molecule has 29 nitrogen and oxygen atoms in total. The van der Waals surface area contributed by atoms with Crippen LogP contribution in [0.1, 0.15) is 44.5 Å². The van der Waals surface area contributed by atoms with Gasteiger partial charge in [0.05, 0.1) is 57.4 Å². The second kappa shape index (κ2) is 59.4. The van der Waals surface area contributed by atoms with Gasteiger partial charge in [-0.2, -0.15) is 12.6 Å². The maximum atomic E-state index is 12.5. The lowest BCUT2D eigenvalue weighted by Gasteiger charge is -2.09. The number of nitro groups is 3. The molecular weight excluding hydrogens is 1950 g/mol. The fourth-order valence-corrected chi connectivity index (χ4v) is 18.2. The Balaban J connectivity index is 0.000000201. The molecule has 16 rings (SSSR count). The molecule has 16 aromatic rings. The Bertz CT molecular complexity index is 7010. The van der Waals surface area contributed by atoms with Crippen molar-refractivity contribution in [3.05, 3.63) is 518 Å². The molecular formula is C105H96ClFN10O19S6. The highest BCUT2D eigenvalue weighted by Gasteiger charge is 2.21. The standard InChI is InChI=1S/C20H19N3O3S.C20H17NO4S.C13H11NO4S.C13H13NO2S.C13H11NO2S.C7H5ClO2.C7H8S.C6H4FNO2.C6H8N2/c24-20(22-14-16-10-12-21-13-11-16)23-18-6-8-19(9-7-18)27(25,26)15-17-4-2-1-3-5-17;22-20(25-18-9-5-2-6-10-18)21-17-11-13-19(14-12-17)26(23,24)15-16-7-3-1-4-8-16;15-14(16)12-6-8-13(9-7-12)19(17,18)10-11-4-2-1-3-5-11;14-12-6-8-13(9-7-12)17(15,16)10-11-4-2-1-3-5-11;15-14(16)12-6-8-13(9-7-12)17-10-11-4-2-1-3-5-11;8-7(9)10-6-4-2-1-3-5-6;8-6-7-4-2-1-3-5-7;7-5-1-3-6(4-2-5)8(9)10;7-5-6-1-3-8-4-2-6/h1-13H,14-15H2,(H2,22,23,24);1-14H,15H2,(H,21,22);1-9H,10H2;1-9H,10,14H2;1-9H,10H2;1-5H;1-5,8H,6H2;1-4H;1-4H,5,7H2. The minimum absolute atomic E-state index is 0.0117. The zero-order valence-corrected chi connectivity index (χ0v) is 81.4. The first-order valence-corrected chi connectivity index (χ1v) is 51.2. The number of pyridine rings is 2. The smallest absolute Gasteiger partial charge is 0.415 e. The number of rotatable bonds is 26. The van der Waals surface area contributed by atoms with Crippen LogP contribution in [0.5, 0.6) is 11.5 Å². The van der Waals surface area contributed by atoms with Crippen molar-refractivity contribution in [3.8, 4) is 11.5 Å². The minimum Gasteiger partial charge on any atom is -0.415 e. The van der Waals surface area contributed by atoms with E-state index in [1.807, 2.05) is 121 Å². The number of nitrogen functional groups attached to an aromatic ring is 1. The molecule has 0 bridgehead atoms. The zero-order valence-electron chi connectivity index (χ0n) is 75.6. The number of sulfone groups is 4. The molecule has 2 heterocycles. The number of nitrogens with two attached hydrogens (primary N) is 2. The van der Waals surface area contributed by atoms with E-state index in [4.69, 9.17) is 27.8 Å². The van der Waals surface area contributed by atoms with Gasteiger partial charge in [0.25, 0.3) is 17.1 Å². The second-order valence-corrected chi connectivity index (χ2v) is 39.1. The molecule has 0 saturated heterocycles. The average molecular weight is 2050 g/mol. The largest absolute Gasteiger partial charge is 0.417 e. The van der Waals surface area contributed by atoms with E-state index in [-0.39, 0.29) is 65.7 Å². The molecule has 0 spiro atoms. The normalized spacial score (nSPS) is 10.5. The van der Waals surface area contributed by atoms with E-state index in [1.165, 1.54) is 96.1 Å². The summed E-state index contributed by atoms with van der Waals surface area (Å²) < 4.78 is 120. The molecule has 142 heavy (non-hydrogen) atoms. The third kappa shape index (κ3) is 42.6. The molecule has 37 heteroatoms. The number of aromatic nitrogens is 2. The number of para-hydroxylation sites is 2. The number of benzene rings is 14. The molecule has 2 aromatic heterocycles. The second-order valence-electron chi connectivity index (χ2n) is 29.5. The summed E-state index contributed by atoms with van der Waals surface area (Å²) in [7, 11) is -13.7. The number of non-ortho nitro benzene ring substituents is 3. The molecule has 0 aliphatic heterocycles. The van der Waals surface area contributed by atoms with Crippen LogP contribution >= 0.6 is 36.0 Å². The molecule has 14 aromatic carbocycles. The number of thioether (sulfide) groups is 1. The number of nitrogens with one attached hydrogen (secondary N) is 3. The quantitative estimate of drug-likeness (QED) is 0.00732. The molecule has 0 fully saturated rings. The number of nitrogens with zero attached hydrogens (tertiary/aromatic N) is 5. The van der Waals surface area contributed by atoms with Gasteiger partial charge in [0, 0.05) is 119 Å². The number of thiol groups is 1. The van der Waals surface area contributed by atoms with E-state index < -0.39 is 66.5 Å². The lowest BCUT2D eigenvalue weighted by Crippen LogP contribution is -2.28. The summed E-state index contributed by atoms with van der Waals surface area (Å²) in [4.78, 5) is 73.0. The SMILES string of the molecule is NCc1ccncc1.Nc1ccc(S(=O)(=O)Cc2ccccc2)cc1.O=C(Cl)Oc1ccccc1.O=C(NCc1ccncc1)Nc1ccc(S(=O)(=O)Cc2ccccc2)cc1.O=C(Nc1ccc(S(=O)(=O)Cc2ccccc2)cc1)Oc1ccccc1.O=[N+]([O-])c1ccc(F)cc1.O=[N+]([O-])c1ccc(S(=O)(=O)Cc2ccccc2)cc1.O=[N+]([O-])c1ccc(SCc2ccccc2)cc1.SCc1ccccc1. The number of ether oxygens (including phenoxy) is 2. The molecule has 0 saturated carbocycles. The van der Waals surface area contributed by atoms with Crippen LogP contribution in [0.15, 0.2) is 462 Å². The van der Waals surface area contributed by atoms with Crippen LogP contribution in [0, 0.1) is 36.2 Å². The number of anilines is 3. The van der Waals surface area contributed by atoms with Gasteiger partial charge >= 0.3 is 17.6 Å². The predicted octanol–water partition coefficient (Wildman–Crippen LogP) is 23.2. The van der Waals surface area contributed by atoms with E-state index in [9.17, 15) is 82.8 Å². The Morgan fingerprint density at radius 3 is 0.965 bits per heavy atom. The van der Waals surface area contributed by atoms with Crippen molar-refractivity contribution in [2.24, 2.45) is 5.73 Å². The maximum Gasteiger partial charge on any atom is 0.417 e. The number of hydrogen-bond donors (Lipinski definition) is 6. The zero-order chi connectivity index (χ0) is 102. The molecule has 7 N–H and O–H groups in total. The highest BCUT2D eigenvalue weighted by atomic mass is 35.5. The fraction of sp³-hybridized carbons (Fsp3) is 0.0762. The van der Waals surface area contributed by atoms with E-state index in [0.29, 0.717) is 52.1 Å². The number of nitro benzene ring substituents is 3. The van der Waals surface area contributed by atoms with Crippen molar-refractivity contribution in [1.82, 2.24) is 15.3 Å².